The second-order valence-corrected chi connectivity index (χ2v) is 6.57. The van der Waals surface area contributed by atoms with Crippen LogP contribution in [0.25, 0.3) is 11.0 Å². The number of piperidine rings is 1. The zero-order valence-electron chi connectivity index (χ0n) is 14.1. The number of imidazole rings is 1. The summed E-state index contributed by atoms with van der Waals surface area (Å²) in [6.45, 7) is 3.33. The van der Waals surface area contributed by atoms with Crippen LogP contribution in [0.1, 0.15) is 40.5 Å². The molecule has 0 aliphatic carbocycles. The molecule has 0 atom stereocenters. The predicted octanol–water partition coefficient (Wildman–Crippen LogP) is 2.58. The van der Waals surface area contributed by atoms with Gasteiger partial charge >= 0.3 is 0 Å². The summed E-state index contributed by atoms with van der Waals surface area (Å²) >= 11 is 0. The number of hydrogen-bond donors (Lipinski definition) is 2. The van der Waals surface area contributed by atoms with E-state index in [2.05, 4.69) is 23.0 Å². The molecule has 1 aliphatic heterocycles. The van der Waals surface area contributed by atoms with Crippen molar-refractivity contribution < 1.29 is 4.79 Å². The summed E-state index contributed by atoms with van der Waals surface area (Å²) in [6, 6.07) is 9.39. The molecule has 128 valence electrons. The van der Waals surface area contributed by atoms with Crippen molar-refractivity contribution in [1.82, 2.24) is 19.9 Å². The first-order valence-electron chi connectivity index (χ1n) is 8.55. The maximum atomic E-state index is 12.5. The van der Waals surface area contributed by atoms with Crippen molar-refractivity contribution in [3.63, 3.8) is 0 Å². The Bertz CT molecular complexity index is 980. The third kappa shape index (κ3) is 2.84. The average Bonchev–Trinajstić information content (AvgIpc) is 3.07. The second kappa shape index (κ2) is 6.20. The minimum absolute atomic E-state index is 0.194. The van der Waals surface area contributed by atoms with E-state index in [0.29, 0.717) is 19.0 Å². The average molecular weight is 336 g/mol. The van der Waals surface area contributed by atoms with E-state index in [1.807, 2.05) is 12.1 Å². The van der Waals surface area contributed by atoms with Crippen LogP contribution in [0.4, 0.5) is 0 Å². The number of carbonyl (C=O) groups excluding carboxylic acids is 1. The van der Waals surface area contributed by atoms with Gasteiger partial charge < -0.3 is 14.9 Å². The van der Waals surface area contributed by atoms with E-state index in [1.54, 1.807) is 17.0 Å². The molecule has 1 aromatic carbocycles. The molecule has 2 N–H and O–H groups in total. The number of hydrogen-bond acceptors (Lipinski definition) is 3. The molecule has 6 nitrogen and oxygen atoms in total. The van der Waals surface area contributed by atoms with Gasteiger partial charge in [0.15, 0.2) is 0 Å². The van der Waals surface area contributed by atoms with E-state index in [1.165, 1.54) is 6.20 Å². The molecule has 0 spiro atoms. The van der Waals surface area contributed by atoms with Gasteiger partial charge in [-0.3, -0.25) is 9.59 Å². The van der Waals surface area contributed by atoms with Crippen molar-refractivity contribution >= 4 is 16.9 Å². The third-order valence-corrected chi connectivity index (χ3v) is 4.95. The number of carbonyl (C=O) groups is 1. The lowest BCUT2D eigenvalue weighted by Gasteiger charge is -2.31. The summed E-state index contributed by atoms with van der Waals surface area (Å²) in [6.07, 6.45) is 3.22. The van der Waals surface area contributed by atoms with Gasteiger partial charge in [-0.1, -0.05) is 12.1 Å². The Labute approximate surface area is 144 Å². The van der Waals surface area contributed by atoms with Crippen LogP contribution in [0.3, 0.4) is 0 Å². The maximum Gasteiger partial charge on any atom is 0.260 e. The number of nitrogens with zero attached hydrogens (tertiary/aromatic N) is 2. The molecule has 3 aromatic rings. The fraction of sp³-hybridized carbons (Fsp3) is 0.316. The molecule has 0 unspecified atom stereocenters. The molecule has 6 heteroatoms. The zero-order valence-corrected chi connectivity index (χ0v) is 14.1. The van der Waals surface area contributed by atoms with E-state index in [4.69, 9.17) is 4.98 Å². The second-order valence-electron chi connectivity index (χ2n) is 6.57. The number of rotatable bonds is 2. The highest BCUT2D eigenvalue weighted by Crippen LogP contribution is 2.28. The topological polar surface area (TPSA) is 81.9 Å². The first-order valence-corrected chi connectivity index (χ1v) is 8.55. The molecule has 2 aromatic heterocycles. The van der Waals surface area contributed by atoms with Gasteiger partial charge in [0.25, 0.3) is 11.5 Å². The van der Waals surface area contributed by atoms with Crippen LogP contribution in [0.2, 0.25) is 0 Å². The van der Waals surface area contributed by atoms with E-state index in [0.717, 1.165) is 35.3 Å². The smallest absolute Gasteiger partial charge is 0.260 e. The molecule has 1 saturated heterocycles. The van der Waals surface area contributed by atoms with Gasteiger partial charge in [0, 0.05) is 25.2 Å². The summed E-state index contributed by atoms with van der Waals surface area (Å²) in [5, 5.41) is 0. The monoisotopic (exact) mass is 336 g/mol. The van der Waals surface area contributed by atoms with Crippen LogP contribution in [0.5, 0.6) is 0 Å². The number of H-pyrrole nitrogens is 2. The van der Waals surface area contributed by atoms with E-state index in [-0.39, 0.29) is 17.0 Å². The van der Waals surface area contributed by atoms with Crippen LogP contribution in [0, 0.1) is 6.92 Å². The number of amides is 1. The van der Waals surface area contributed by atoms with Crippen LogP contribution in [0.15, 0.2) is 41.3 Å². The number of pyridine rings is 1. The van der Waals surface area contributed by atoms with Gasteiger partial charge in [-0.2, -0.15) is 0 Å². The minimum Gasteiger partial charge on any atom is -0.342 e. The van der Waals surface area contributed by atoms with Gasteiger partial charge in [-0.15, -0.1) is 0 Å². The minimum atomic E-state index is -0.331. The van der Waals surface area contributed by atoms with Crippen LogP contribution < -0.4 is 5.56 Å². The predicted molar refractivity (Wildman–Crippen MR) is 95.8 cm³/mol. The highest BCUT2D eigenvalue weighted by Gasteiger charge is 2.27. The highest BCUT2D eigenvalue weighted by atomic mass is 16.2. The summed E-state index contributed by atoms with van der Waals surface area (Å²) in [4.78, 5) is 36.8. The number of nitrogens with one attached hydrogen (secondary N) is 2. The fourth-order valence-electron chi connectivity index (χ4n) is 3.50. The standard InChI is InChI=1S/C19H20N4O2/c1-12-4-2-6-15-16(12)22-17(21-15)13-7-10-23(11-8-13)19(25)14-5-3-9-20-18(14)24/h2-6,9,13H,7-8,10-11H2,1H3,(H,20,24)(H,21,22). The van der Waals surface area contributed by atoms with Crippen LogP contribution >= 0.6 is 0 Å². The Hall–Kier alpha value is -2.89. The molecule has 1 fully saturated rings. The highest BCUT2D eigenvalue weighted by molar-refractivity contribution is 5.93. The molecule has 1 aliphatic rings. The third-order valence-electron chi connectivity index (χ3n) is 4.95. The number of aromatic amines is 2. The van der Waals surface area contributed by atoms with E-state index in [9.17, 15) is 9.59 Å². The van der Waals surface area contributed by atoms with Crippen molar-refractivity contribution in [1.29, 1.82) is 0 Å². The molecular weight excluding hydrogens is 316 g/mol. The van der Waals surface area contributed by atoms with Gasteiger partial charge in [0.2, 0.25) is 0 Å². The number of para-hydroxylation sites is 1. The van der Waals surface area contributed by atoms with Gasteiger partial charge in [-0.25, -0.2) is 4.98 Å². The first-order chi connectivity index (χ1) is 12.1. The molecular formula is C19H20N4O2. The Morgan fingerprint density at radius 1 is 1.20 bits per heavy atom. The van der Waals surface area contributed by atoms with Crippen molar-refractivity contribution in [2.75, 3.05) is 13.1 Å². The van der Waals surface area contributed by atoms with Gasteiger partial charge in [0.1, 0.15) is 11.4 Å². The summed E-state index contributed by atoms with van der Waals surface area (Å²) in [5.41, 5.74) is 3.12. The molecule has 0 bridgehead atoms. The zero-order chi connectivity index (χ0) is 17.4. The lowest BCUT2D eigenvalue weighted by atomic mass is 9.95. The quantitative estimate of drug-likeness (QED) is 0.754. The molecule has 25 heavy (non-hydrogen) atoms. The van der Waals surface area contributed by atoms with Crippen molar-refractivity contribution in [2.45, 2.75) is 25.7 Å². The molecule has 3 heterocycles. The summed E-state index contributed by atoms with van der Waals surface area (Å²) < 4.78 is 0. The van der Waals surface area contributed by atoms with Crippen molar-refractivity contribution in [3.8, 4) is 0 Å². The Kier molecular flexibility index (Phi) is 3.87. The SMILES string of the molecule is Cc1cccc2[nH]c(C3CCN(C(=O)c4ccc[nH]c4=O)CC3)nc12. The number of aromatic nitrogens is 3. The number of aryl methyl sites for hydroxylation is 1. The van der Waals surface area contributed by atoms with Crippen molar-refractivity contribution in [3.05, 3.63) is 63.8 Å². The summed E-state index contributed by atoms with van der Waals surface area (Å²) in [5.74, 6) is 1.11. The fourth-order valence-corrected chi connectivity index (χ4v) is 3.50. The van der Waals surface area contributed by atoms with E-state index < -0.39 is 0 Å². The van der Waals surface area contributed by atoms with E-state index >= 15 is 0 Å². The Morgan fingerprint density at radius 2 is 2.00 bits per heavy atom. The Morgan fingerprint density at radius 3 is 2.72 bits per heavy atom. The normalized spacial score (nSPS) is 15.6. The molecule has 1 amide bonds. The Balaban J connectivity index is 1.49. The number of benzene rings is 1. The van der Waals surface area contributed by atoms with Crippen LogP contribution in [-0.4, -0.2) is 38.8 Å². The number of fused-ring (bicyclic) bond motifs is 1. The lowest BCUT2D eigenvalue weighted by molar-refractivity contribution is 0.0709. The maximum absolute atomic E-state index is 12.5. The van der Waals surface area contributed by atoms with Crippen molar-refractivity contribution in [2.24, 2.45) is 0 Å². The van der Waals surface area contributed by atoms with Crippen LogP contribution in [-0.2, 0) is 0 Å². The van der Waals surface area contributed by atoms with Gasteiger partial charge in [-0.05, 0) is 43.5 Å². The molecule has 4 rings (SSSR count). The largest absolute Gasteiger partial charge is 0.342 e. The molecule has 0 radical (unpaired) electrons. The lowest BCUT2D eigenvalue weighted by Crippen LogP contribution is -2.40. The first kappa shape index (κ1) is 15.6. The number of likely N-dealkylation sites (tertiary alicyclic amines) is 1. The van der Waals surface area contributed by atoms with Gasteiger partial charge in [0.05, 0.1) is 11.0 Å². The molecule has 0 saturated carbocycles. The summed E-state index contributed by atoms with van der Waals surface area (Å²) in [7, 11) is 0.